The average molecular weight is 374 g/mol. The first kappa shape index (κ1) is 17.9. The summed E-state index contributed by atoms with van der Waals surface area (Å²) >= 11 is 0. The van der Waals surface area contributed by atoms with Crippen molar-refractivity contribution < 1.29 is 4.79 Å². The van der Waals surface area contributed by atoms with E-state index in [1.54, 1.807) is 0 Å². The number of carbonyl (C=O) groups is 1. The van der Waals surface area contributed by atoms with E-state index in [1.807, 2.05) is 30.3 Å². The molecule has 1 heterocycles. The zero-order valence-electron chi connectivity index (χ0n) is 13.4. The summed E-state index contributed by atoms with van der Waals surface area (Å²) in [5.41, 5.74) is 2.23. The van der Waals surface area contributed by atoms with Gasteiger partial charge in [-0.1, -0.05) is 60.7 Å². The number of hydrogen-bond acceptors (Lipinski definition) is 2. The number of rotatable bonds is 5. The number of likely N-dealkylation sites (tertiary alicyclic amines) is 1. The third-order valence-electron chi connectivity index (χ3n) is 4.49. The van der Waals surface area contributed by atoms with Crippen LogP contribution in [0, 0.1) is 5.92 Å². The lowest BCUT2D eigenvalue weighted by molar-refractivity contribution is 0.0821. The van der Waals surface area contributed by atoms with Gasteiger partial charge < -0.3 is 4.90 Å². The maximum absolute atomic E-state index is 12.6. The van der Waals surface area contributed by atoms with Crippen LogP contribution in [0.3, 0.4) is 0 Å². The smallest absolute Gasteiger partial charge is 0.167 e. The molecule has 1 aliphatic heterocycles. The van der Waals surface area contributed by atoms with Crippen LogP contribution in [0.1, 0.15) is 28.8 Å². The Hall–Kier alpha value is -1.45. The van der Waals surface area contributed by atoms with E-state index in [0.717, 1.165) is 44.5 Å². The van der Waals surface area contributed by atoms with Gasteiger partial charge in [0.1, 0.15) is 0 Å². The number of hydrogen-bond donors (Lipinski definition) is 0. The van der Waals surface area contributed by atoms with Crippen molar-refractivity contribution in [3.8, 4) is 0 Å². The van der Waals surface area contributed by atoms with Gasteiger partial charge in [0.25, 0.3) is 0 Å². The first-order valence-electron chi connectivity index (χ1n) is 8.18. The highest BCUT2D eigenvalue weighted by Crippen LogP contribution is 2.21. The van der Waals surface area contributed by atoms with Gasteiger partial charge in [0.05, 0.1) is 0 Å². The Labute approximate surface area is 149 Å². The number of piperidine rings is 1. The van der Waals surface area contributed by atoms with Gasteiger partial charge in [-0.25, -0.2) is 0 Å². The Balaban J connectivity index is 0.00000192. The first-order chi connectivity index (χ1) is 10.8. The summed E-state index contributed by atoms with van der Waals surface area (Å²) in [6.45, 7) is 3.06. The standard InChI is InChI=1S/C20H23NO.BrH/c22-20(18-10-5-2-6-11-18)19-12-7-14-21(16-19)15-13-17-8-3-1-4-9-17;/h1-6,8-11,19H,7,12-16H2;1H. The molecule has 0 bridgehead atoms. The highest BCUT2D eigenvalue weighted by molar-refractivity contribution is 8.93. The van der Waals surface area contributed by atoms with Gasteiger partial charge in [0.2, 0.25) is 0 Å². The fourth-order valence-electron chi connectivity index (χ4n) is 3.24. The molecule has 2 aromatic rings. The summed E-state index contributed by atoms with van der Waals surface area (Å²) in [5, 5.41) is 0. The number of carbonyl (C=O) groups excluding carboxylic acids is 1. The van der Waals surface area contributed by atoms with Gasteiger partial charge in [-0.2, -0.15) is 0 Å². The van der Waals surface area contributed by atoms with E-state index in [4.69, 9.17) is 0 Å². The Morgan fingerprint density at radius 2 is 1.65 bits per heavy atom. The molecule has 3 heteroatoms. The quantitative estimate of drug-likeness (QED) is 0.723. The van der Waals surface area contributed by atoms with E-state index in [2.05, 4.69) is 35.2 Å². The number of halogens is 1. The van der Waals surface area contributed by atoms with E-state index >= 15 is 0 Å². The predicted molar refractivity (Wildman–Crippen MR) is 100 cm³/mol. The van der Waals surface area contributed by atoms with E-state index in [0.29, 0.717) is 5.78 Å². The van der Waals surface area contributed by atoms with Crippen LogP contribution in [0.4, 0.5) is 0 Å². The lowest BCUT2D eigenvalue weighted by Gasteiger charge is -2.32. The van der Waals surface area contributed by atoms with Crippen LogP contribution >= 0.6 is 17.0 Å². The second kappa shape index (κ2) is 8.99. The molecule has 0 aromatic heterocycles. The molecular formula is C20H24BrNO. The average Bonchev–Trinajstić information content (AvgIpc) is 2.61. The molecule has 1 atom stereocenters. The Bertz CT molecular complexity index is 600. The van der Waals surface area contributed by atoms with Crippen molar-refractivity contribution in [1.29, 1.82) is 0 Å². The van der Waals surface area contributed by atoms with Gasteiger partial charge in [0.15, 0.2) is 5.78 Å². The van der Waals surface area contributed by atoms with Gasteiger partial charge in [-0.3, -0.25) is 4.79 Å². The summed E-state index contributed by atoms with van der Waals surface area (Å²) in [4.78, 5) is 15.0. The van der Waals surface area contributed by atoms with Crippen molar-refractivity contribution in [2.45, 2.75) is 19.3 Å². The number of ketones is 1. The van der Waals surface area contributed by atoms with Gasteiger partial charge in [0, 0.05) is 24.6 Å². The van der Waals surface area contributed by atoms with Crippen LogP contribution in [-0.2, 0) is 6.42 Å². The normalized spacial score (nSPS) is 18.2. The highest BCUT2D eigenvalue weighted by atomic mass is 79.9. The van der Waals surface area contributed by atoms with Crippen LogP contribution in [0.2, 0.25) is 0 Å². The molecule has 2 aromatic carbocycles. The van der Waals surface area contributed by atoms with Gasteiger partial charge in [-0.05, 0) is 31.4 Å². The molecule has 1 saturated heterocycles. The maximum atomic E-state index is 12.6. The largest absolute Gasteiger partial charge is 0.302 e. The van der Waals surface area contributed by atoms with Crippen molar-refractivity contribution in [3.63, 3.8) is 0 Å². The Kier molecular flexibility index (Phi) is 7.00. The van der Waals surface area contributed by atoms with Crippen LogP contribution in [0.5, 0.6) is 0 Å². The van der Waals surface area contributed by atoms with Gasteiger partial charge in [-0.15, -0.1) is 17.0 Å². The van der Waals surface area contributed by atoms with Crippen molar-refractivity contribution >= 4 is 22.8 Å². The maximum Gasteiger partial charge on any atom is 0.167 e. The van der Waals surface area contributed by atoms with E-state index in [1.165, 1.54) is 5.56 Å². The molecule has 0 radical (unpaired) electrons. The molecule has 1 aliphatic rings. The Morgan fingerprint density at radius 3 is 2.35 bits per heavy atom. The summed E-state index contributed by atoms with van der Waals surface area (Å²) in [6, 6.07) is 20.3. The van der Waals surface area contributed by atoms with E-state index in [9.17, 15) is 4.79 Å². The third kappa shape index (κ3) is 5.02. The summed E-state index contributed by atoms with van der Waals surface area (Å²) in [6.07, 6.45) is 3.21. The summed E-state index contributed by atoms with van der Waals surface area (Å²) in [5.74, 6) is 0.469. The topological polar surface area (TPSA) is 20.3 Å². The molecule has 23 heavy (non-hydrogen) atoms. The van der Waals surface area contributed by atoms with Crippen molar-refractivity contribution in [2.24, 2.45) is 5.92 Å². The summed E-state index contributed by atoms with van der Waals surface area (Å²) in [7, 11) is 0. The van der Waals surface area contributed by atoms with Crippen molar-refractivity contribution in [1.82, 2.24) is 4.90 Å². The molecule has 1 unspecified atom stereocenters. The molecule has 3 rings (SSSR count). The fourth-order valence-corrected chi connectivity index (χ4v) is 3.24. The monoisotopic (exact) mass is 373 g/mol. The van der Waals surface area contributed by atoms with Crippen LogP contribution in [0.15, 0.2) is 60.7 Å². The van der Waals surface area contributed by atoms with Crippen molar-refractivity contribution in [2.75, 3.05) is 19.6 Å². The molecule has 122 valence electrons. The lowest BCUT2D eigenvalue weighted by Crippen LogP contribution is -2.39. The first-order valence-corrected chi connectivity index (χ1v) is 8.18. The molecule has 2 nitrogen and oxygen atoms in total. The third-order valence-corrected chi connectivity index (χ3v) is 4.49. The minimum Gasteiger partial charge on any atom is -0.302 e. The second-order valence-corrected chi connectivity index (χ2v) is 6.11. The lowest BCUT2D eigenvalue weighted by atomic mass is 9.90. The fraction of sp³-hybridized carbons (Fsp3) is 0.350. The minimum atomic E-state index is 0. The van der Waals surface area contributed by atoms with Crippen LogP contribution < -0.4 is 0 Å². The summed E-state index contributed by atoms with van der Waals surface area (Å²) < 4.78 is 0. The van der Waals surface area contributed by atoms with Gasteiger partial charge >= 0.3 is 0 Å². The molecule has 0 aliphatic carbocycles. The minimum absolute atomic E-state index is 0. The predicted octanol–water partition coefficient (Wildman–Crippen LogP) is 4.40. The zero-order chi connectivity index (χ0) is 15.2. The zero-order valence-corrected chi connectivity index (χ0v) is 15.1. The molecule has 0 saturated carbocycles. The second-order valence-electron chi connectivity index (χ2n) is 6.11. The highest BCUT2D eigenvalue weighted by Gasteiger charge is 2.26. The molecule has 0 N–H and O–H groups in total. The number of benzene rings is 2. The Morgan fingerprint density at radius 1 is 1.00 bits per heavy atom. The van der Waals surface area contributed by atoms with E-state index < -0.39 is 0 Å². The molecule has 1 fully saturated rings. The van der Waals surface area contributed by atoms with Crippen LogP contribution in [0.25, 0.3) is 0 Å². The van der Waals surface area contributed by atoms with Crippen molar-refractivity contribution in [3.05, 3.63) is 71.8 Å². The van der Waals surface area contributed by atoms with E-state index in [-0.39, 0.29) is 22.9 Å². The van der Waals surface area contributed by atoms with Crippen LogP contribution in [-0.4, -0.2) is 30.3 Å². The number of Topliss-reactive ketones (excluding diaryl/α,β-unsaturated/α-hetero) is 1. The molecular weight excluding hydrogens is 350 g/mol. The molecule has 0 spiro atoms. The SMILES string of the molecule is Br.O=C(c1ccccc1)C1CCCN(CCc2ccccc2)C1. The molecule has 0 amide bonds. The number of nitrogens with zero attached hydrogens (tertiary/aromatic N) is 1.